The van der Waals surface area contributed by atoms with E-state index in [0.717, 1.165) is 34.5 Å². The molecule has 0 heterocycles. The van der Waals surface area contributed by atoms with Crippen molar-refractivity contribution in [2.75, 3.05) is 11.9 Å². The Hall–Kier alpha value is -2.53. The predicted molar refractivity (Wildman–Crippen MR) is 98.0 cm³/mol. The van der Waals surface area contributed by atoms with Crippen LogP contribution >= 0.6 is 0 Å². The number of aryl methyl sites for hydroxylation is 1. The molecular weight excluding hydrogens is 316 g/mol. The first-order chi connectivity index (χ1) is 12.1. The van der Waals surface area contributed by atoms with Crippen molar-refractivity contribution in [3.05, 3.63) is 59.2 Å². The highest BCUT2D eigenvalue weighted by Crippen LogP contribution is 2.31. The third-order valence-corrected chi connectivity index (χ3v) is 4.41. The summed E-state index contributed by atoms with van der Waals surface area (Å²) in [4.78, 5) is 12.4. The SMILES string of the molecule is CCCOc1ccc(NC(=O)N[C@@H]2c3ccccc3C[C@@H]2O)c(C)c1. The first-order valence-electron chi connectivity index (χ1n) is 8.65. The molecule has 3 N–H and O–H groups in total. The van der Waals surface area contributed by atoms with Crippen LogP contribution in [0.5, 0.6) is 5.75 Å². The van der Waals surface area contributed by atoms with E-state index in [2.05, 4.69) is 17.6 Å². The van der Waals surface area contributed by atoms with E-state index in [9.17, 15) is 9.90 Å². The van der Waals surface area contributed by atoms with Gasteiger partial charge in [-0.15, -0.1) is 0 Å². The number of hydrogen-bond donors (Lipinski definition) is 3. The van der Waals surface area contributed by atoms with Gasteiger partial charge in [-0.25, -0.2) is 4.79 Å². The molecule has 5 nitrogen and oxygen atoms in total. The fraction of sp³-hybridized carbons (Fsp3) is 0.350. The van der Waals surface area contributed by atoms with E-state index in [1.165, 1.54) is 0 Å². The summed E-state index contributed by atoms with van der Waals surface area (Å²) in [7, 11) is 0. The summed E-state index contributed by atoms with van der Waals surface area (Å²) in [5.41, 5.74) is 3.71. The number of carbonyl (C=O) groups is 1. The molecule has 132 valence electrons. The molecule has 2 aromatic carbocycles. The monoisotopic (exact) mass is 340 g/mol. The van der Waals surface area contributed by atoms with Gasteiger partial charge in [0.05, 0.1) is 18.8 Å². The van der Waals surface area contributed by atoms with Crippen LogP contribution in [-0.2, 0) is 6.42 Å². The van der Waals surface area contributed by atoms with Crippen LogP contribution in [0.4, 0.5) is 10.5 Å². The van der Waals surface area contributed by atoms with Crippen LogP contribution in [0.25, 0.3) is 0 Å². The standard InChI is InChI=1S/C20H24N2O3/c1-3-10-25-15-8-9-17(13(2)11-15)21-20(24)22-19-16-7-5-4-6-14(16)12-18(19)23/h4-9,11,18-19,23H,3,10,12H2,1-2H3,(H2,21,22,24)/t18-,19+/m0/s1. The fourth-order valence-corrected chi connectivity index (χ4v) is 3.13. The zero-order valence-corrected chi connectivity index (χ0v) is 14.6. The van der Waals surface area contributed by atoms with E-state index >= 15 is 0 Å². The zero-order valence-electron chi connectivity index (χ0n) is 14.6. The number of nitrogens with one attached hydrogen (secondary N) is 2. The van der Waals surface area contributed by atoms with Crippen LogP contribution in [0.2, 0.25) is 0 Å². The largest absolute Gasteiger partial charge is 0.494 e. The molecule has 0 bridgehead atoms. The number of amides is 2. The molecule has 0 unspecified atom stereocenters. The van der Waals surface area contributed by atoms with Gasteiger partial charge in [-0.05, 0) is 48.2 Å². The van der Waals surface area contributed by atoms with Crippen LogP contribution in [0, 0.1) is 6.92 Å². The van der Waals surface area contributed by atoms with E-state index in [0.29, 0.717) is 13.0 Å². The highest BCUT2D eigenvalue weighted by molar-refractivity contribution is 5.90. The number of urea groups is 1. The number of anilines is 1. The van der Waals surface area contributed by atoms with Gasteiger partial charge in [0.2, 0.25) is 0 Å². The topological polar surface area (TPSA) is 70.6 Å². The zero-order chi connectivity index (χ0) is 17.8. The molecule has 1 aliphatic carbocycles. The molecule has 0 saturated carbocycles. The molecule has 0 fully saturated rings. The van der Waals surface area contributed by atoms with Crippen LogP contribution in [-0.4, -0.2) is 23.8 Å². The third-order valence-electron chi connectivity index (χ3n) is 4.41. The Bertz CT molecular complexity index is 760. The van der Waals surface area contributed by atoms with Gasteiger partial charge >= 0.3 is 6.03 Å². The number of rotatable bonds is 5. The first-order valence-corrected chi connectivity index (χ1v) is 8.65. The minimum Gasteiger partial charge on any atom is -0.494 e. The van der Waals surface area contributed by atoms with E-state index in [1.54, 1.807) is 0 Å². The number of ether oxygens (including phenoxy) is 1. The summed E-state index contributed by atoms with van der Waals surface area (Å²) >= 11 is 0. The first kappa shape index (κ1) is 17.3. The second kappa shape index (κ2) is 7.57. The highest BCUT2D eigenvalue weighted by atomic mass is 16.5. The van der Waals surface area contributed by atoms with Gasteiger partial charge < -0.3 is 20.5 Å². The summed E-state index contributed by atoms with van der Waals surface area (Å²) in [5, 5.41) is 16.0. The Kier molecular flexibility index (Phi) is 5.24. The minimum absolute atomic E-state index is 0.328. The van der Waals surface area contributed by atoms with E-state index in [4.69, 9.17) is 4.74 Å². The predicted octanol–water partition coefficient (Wildman–Crippen LogP) is 3.56. The normalized spacial score (nSPS) is 18.5. The number of fused-ring (bicyclic) bond motifs is 1. The molecule has 2 amide bonds. The lowest BCUT2D eigenvalue weighted by atomic mass is 10.1. The smallest absolute Gasteiger partial charge is 0.319 e. The summed E-state index contributed by atoms with van der Waals surface area (Å²) in [6.07, 6.45) is 0.907. The van der Waals surface area contributed by atoms with Crippen LogP contribution in [0.15, 0.2) is 42.5 Å². The van der Waals surface area contributed by atoms with Gasteiger partial charge in [-0.1, -0.05) is 31.2 Å². The third kappa shape index (κ3) is 3.94. The molecule has 0 radical (unpaired) electrons. The molecule has 3 rings (SSSR count). The van der Waals surface area contributed by atoms with Crippen molar-refractivity contribution in [3.8, 4) is 5.75 Å². The molecule has 25 heavy (non-hydrogen) atoms. The van der Waals surface area contributed by atoms with Gasteiger partial charge in [0.25, 0.3) is 0 Å². The molecule has 0 aliphatic heterocycles. The van der Waals surface area contributed by atoms with Gasteiger partial charge in [-0.2, -0.15) is 0 Å². The summed E-state index contributed by atoms with van der Waals surface area (Å²) in [5.74, 6) is 0.797. The van der Waals surface area contributed by atoms with Crippen molar-refractivity contribution in [3.63, 3.8) is 0 Å². The van der Waals surface area contributed by atoms with E-state index in [1.807, 2.05) is 49.4 Å². The number of carbonyl (C=O) groups excluding carboxylic acids is 1. The molecule has 5 heteroatoms. The van der Waals surface area contributed by atoms with Gasteiger partial charge in [-0.3, -0.25) is 0 Å². The average Bonchev–Trinajstić information content (AvgIpc) is 2.91. The van der Waals surface area contributed by atoms with Crippen LogP contribution < -0.4 is 15.4 Å². The second-order valence-electron chi connectivity index (χ2n) is 6.37. The second-order valence-corrected chi connectivity index (χ2v) is 6.37. The Balaban J connectivity index is 1.65. The molecule has 1 aliphatic rings. The minimum atomic E-state index is -0.603. The molecule has 0 spiro atoms. The Morgan fingerprint density at radius 3 is 2.84 bits per heavy atom. The maximum absolute atomic E-state index is 12.4. The maximum Gasteiger partial charge on any atom is 0.319 e. The maximum atomic E-state index is 12.4. The van der Waals surface area contributed by atoms with Gasteiger partial charge in [0, 0.05) is 12.1 Å². The number of aliphatic hydroxyl groups is 1. The molecule has 2 aromatic rings. The van der Waals surface area contributed by atoms with Gasteiger partial charge in [0.1, 0.15) is 5.75 Å². The quantitative estimate of drug-likeness (QED) is 0.779. The highest BCUT2D eigenvalue weighted by Gasteiger charge is 2.31. The molecule has 0 saturated heterocycles. The summed E-state index contributed by atoms with van der Waals surface area (Å²) in [6, 6.07) is 12.7. The Morgan fingerprint density at radius 1 is 1.28 bits per heavy atom. The number of hydrogen-bond acceptors (Lipinski definition) is 3. The lowest BCUT2D eigenvalue weighted by Gasteiger charge is -2.19. The van der Waals surface area contributed by atoms with Gasteiger partial charge in [0.15, 0.2) is 0 Å². The van der Waals surface area contributed by atoms with E-state index < -0.39 is 6.10 Å². The average molecular weight is 340 g/mol. The Labute approximate surface area is 148 Å². The van der Waals surface area contributed by atoms with Crippen LogP contribution in [0.3, 0.4) is 0 Å². The van der Waals surface area contributed by atoms with E-state index in [-0.39, 0.29) is 12.1 Å². The van der Waals surface area contributed by atoms with Crippen molar-refractivity contribution in [2.24, 2.45) is 0 Å². The van der Waals surface area contributed by atoms with Crippen molar-refractivity contribution in [1.29, 1.82) is 0 Å². The van der Waals surface area contributed by atoms with Crippen molar-refractivity contribution in [1.82, 2.24) is 5.32 Å². The lowest BCUT2D eigenvalue weighted by molar-refractivity contribution is 0.144. The summed E-state index contributed by atoms with van der Waals surface area (Å²) in [6.45, 7) is 4.66. The lowest BCUT2D eigenvalue weighted by Crippen LogP contribution is -2.36. The Morgan fingerprint density at radius 2 is 2.08 bits per heavy atom. The fourth-order valence-electron chi connectivity index (χ4n) is 3.13. The van der Waals surface area contributed by atoms with Crippen LogP contribution in [0.1, 0.15) is 36.1 Å². The molecular formula is C20H24N2O3. The number of aliphatic hydroxyl groups excluding tert-OH is 1. The van der Waals surface area contributed by atoms with Crippen molar-refractivity contribution < 1.29 is 14.6 Å². The number of benzene rings is 2. The van der Waals surface area contributed by atoms with Crippen molar-refractivity contribution >= 4 is 11.7 Å². The molecule has 0 aromatic heterocycles. The summed E-state index contributed by atoms with van der Waals surface area (Å²) < 4.78 is 5.60. The van der Waals surface area contributed by atoms with Crippen molar-refractivity contribution in [2.45, 2.75) is 38.8 Å². The molecule has 2 atom stereocenters.